The predicted molar refractivity (Wildman–Crippen MR) is 84.7 cm³/mol. The second kappa shape index (κ2) is 6.76. The molecule has 128 valence electrons. The lowest BCUT2D eigenvalue weighted by molar-refractivity contribution is 0.0944. The third-order valence-electron chi connectivity index (χ3n) is 3.70. The Morgan fingerprint density at radius 1 is 1.24 bits per heavy atom. The van der Waals surface area contributed by atoms with E-state index in [1.54, 1.807) is 0 Å². The van der Waals surface area contributed by atoms with Gasteiger partial charge in [0.05, 0.1) is 6.54 Å². The van der Waals surface area contributed by atoms with Crippen molar-refractivity contribution in [2.45, 2.75) is 31.9 Å². The summed E-state index contributed by atoms with van der Waals surface area (Å²) in [6, 6.07) is 9.34. The fourth-order valence-electron chi connectivity index (χ4n) is 2.24. The van der Waals surface area contributed by atoms with Crippen molar-refractivity contribution in [3.05, 3.63) is 59.9 Å². The van der Waals surface area contributed by atoms with Gasteiger partial charge in [0.15, 0.2) is 24.0 Å². The molecule has 3 aromatic rings. The lowest BCUT2D eigenvalue weighted by Gasteiger charge is -2.01. The third kappa shape index (κ3) is 3.85. The van der Waals surface area contributed by atoms with E-state index in [2.05, 4.69) is 20.4 Å². The van der Waals surface area contributed by atoms with Gasteiger partial charge in [-0.25, -0.2) is 4.98 Å². The summed E-state index contributed by atoms with van der Waals surface area (Å²) in [7, 11) is 0. The van der Waals surface area contributed by atoms with Gasteiger partial charge in [-0.1, -0.05) is 23.4 Å². The number of benzene rings is 1. The number of aromatic nitrogens is 3. The van der Waals surface area contributed by atoms with Crippen LogP contribution in [0.4, 0.5) is 0 Å². The highest BCUT2D eigenvalue weighted by Crippen LogP contribution is 2.39. The van der Waals surface area contributed by atoms with Crippen molar-refractivity contribution in [1.82, 2.24) is 20.4 Å². The van der Waals surface area contributed by atoms with E-state index >= 15 is 0 Å². The van der Waals surface area contributed by atoms with E-state index in [0.29, 0.717) is 29.3 Å². The molecule has 1 amide bonds. The average Bonchev–Trinajstić information content (AvgIpc) is 3.20. The van der Waals surface area contributed by atoms with Crippen LogP contribution in [0.3, 0.4) is 0 Å². The number of ether oxygens (including phenoxy) is 1. The zero-order chi connectivity index (χ0) is 17.1. The molecule has 1 aliphatic carbocycles. The van der Waals surface area contributed by atoms with Crippen molar-refractivity contribution >= 4 is 5.91 Å². The molecule has 0 aliphatic heterocycles. The van der Waals surface area contributed by atoms with Crippen LogP contribution in [0.15, 0.2) is 45.5 Å². The molecule has 0 bridgehead atoms. The van der Waals surface area contributed by atoms with E-state index in [-0.39, 0.29) is 24.8 Å². The largest absolute Gasteiger partial charge is 0.484 e. The first-order valence-corrected chi connectivity index (χ1v) is 8.01. The van der Waals surface area contributed by atoms with E-state index < -0.39 is 0 Å². The zero-order valence-electron chi connectivity index (χ0n) is 13.3. The van der Waals surface area contributed by atoms with Crippen molar-refractivity contribution in [3.63, 3.8) is 0 Å². The van der Waals surface area contributed by atoms with Crippen molar-refractivity contribution < 1.29 is 18.5 Å². The number of para-hydroxylation sites is 1. The van der Waals surface area contributed by atoms with Crippen LogP contribution in [-0.4, -0.2) is 21.0 Å². The van der Waals surface area contributed by atoms with Crippen LogP contribution in [0, 0.1) is 0 Å². The van der Waals surface area contributed by atoms with Crippen LogP contribution in [-0.2, 0) is 13.2 Å². The number of nitrogens with one attached hydrogen (secondary N) is 1. The van der Waals surface area contributed by atoms with Crippen LogP contribution in [0.5, 0.6) is 5.75 Å². The number of hydrogen-bond acceptors (Lipinski definition) is 7. The summed E-state index contributed by atoms with van der Waals surface area (Å²) in [5.74, 6) is 2.09. The molecule has 25 heavy (non-hydrogen) atoms. The van der Waals surface area contributed by atoms with E-state index in [0.717, 1.165) is 12.8 Å². The summed E-state index contributed by atoms with van der Waals surface area (Å²) in [4.78, 5) is 20.4. The Morgan fingerprint density at radius 3 is 2.88 bits per heavy atom. The van der Waals surface area contributed by atoms with Crippen molar-refractivity contribution in [2.75, 3.05) is 0 Å². The number of oxazole rings is 1. The van der Waals surface area contributed by atoms with Gasteiger partial charge in [-0.2, -0.15) is 4.98 Å². The van der Waals surface area contributed by atoms with Gasteiger partial charge in [0.2, 0.25) is 0 Å². The molecule has 8 nitrogen and oxygen atoms in total. The lowest BCUT2D eigenvalue weighted by Crippen LogP contribution is -2.23. The molecule has 1 fully saturated rings. The van der Waals surface area contributed by atoms with E-state index in [9.17, 15) is 4.79 Å². The minimum Gasteiger partial charge on any atom is -0.484 e. The van der Waals surface area contributed by atoms with Crippen molar-refractivity contribution in [1.29, 1.82) is 0 Å². The number of rotatable bonds is 7. The highest BCUT2D eigenvalue weighted by atomic mass is 16.5. The van der Waals surface area contributed by atoms with Gasteiger partial charge >= 0.3 is 0 Å². The maximum atomic E-state index is 12.0. The summed E-state index contributed by atoms with van der Waals surface area (Å²) >= 11 is 0. The Hall–Kier alpha value is -3.16. The summed E-state index contributed by atoms with van der Waals surface area (Å²) < 4.78 is 15.9. The lowest BCUT2D eigenvalue weighted by atomic mass is 10.3. The highest BCUT2D eigenvalue weighted by molar-refractivity contribution is 5.91. The Kier molecular flexibility index (Phi) is 4.16. The van der Waals surface area contributed by atoms with Crippen LogP contribution in [0.25, 0.3) is 0 Å². The SMILES string of the molecule is O=C(NCc1noc(COc2ccccc2)n1)c1coc(C2CC2)n1. The number of amides is 1. The molecule has 4 rings (SSSR count). The van der Waals surface area contributed by atoms with E-state index in [4.69, 9.17) is 13.7 Å². The molecular formula is C17H16N4O4. The normalized spacial score (nSPS) is 13.6. The van der Waals surface area contributed by atoms with Gasteiger partial charge in [-0.15, -0.1) is 0 Å². The first-order chi connectivity index (χ1) is 12.3. The van der Waals surface area contributed by atoms with Gasteiger partial charge in [0, 0.05) is 5.92 Å². The molecule has 0 spiro atoms. The Balaban J connectivity index is 1.28. The van der Waals surface area contributed by atoms with Gasteiger partial charge in [-0.05, 0) is 25.0 Å². The average molecular weight is 340 g/mol. The summed E-state index contributed by atoms with van der Waals surface area (Å²) in [5, 5.41) is 6.50. The van der Waals surface area contributed by atoms with Gasteiger partial charge in [0.1, 0.15) is 12.0 Å². The standard InChI is InChI=1S/C17H16N4O4/c22-16(13-9-24-17(19-13)11-6-7-11)18-8-14-20-15(25-21-14)10-23-12-4-2-1-3-5-12/h1-5,9,11H,6-8,10H2,(H,18,22). The first kappa shape index (κ1) is 15.4. The second-order valence-corrected chi connectivity index (χ2v) is 5.73. The molecule has 2 heterocycles. The maximum absolute atomic E-state index is 12.0. The van der Waals surface area contributed by atoms with Gasteiger partial charge in [0.25, 0.3) is 11.8 Å². The molecule has 1 aliphatic rings. The Labute approximate surface area is 143 Å². The van der Waals surface area contributed by atoms with Crippen LogP contribution in [0.2, 0.25) is 0 Å². The number of carbonyl (C=O) groups is 1. The summed E-state index contributed by atoms with van der Waals surface area (Å²) in [6.45, 7) is 0.304. The summed E-state index contributed by atoms with van der Waals surface area (Å²) in [6.07, 6.45) is 3.51. The van der Waals surface area contributed by atoms with Crippen molar-refractivity contribution in [3.8, 4) is 5.75 Å². The number of nitrogens with zero attached hydrogens (tertiary/aromatic N) is 3. The second-order valence-electron chi connectivity index (χ2n) is 5.73. The smallest absolute Gasteiger partial charge is 0.273 e. The molecule has 1 N–H and O–H groups in total. The zero-order valence-corrected chi connectivity index (χ0v) is 13.3. The molecule has 0 unspecified atom stereocenters. The molecular weight excluding hydrogens is 324 g/mol. The van der Waals surface area contributed by atoms with E-state index in [1.165, 1.54) is 6.26 Å². The van der Waals surface area contributed by atoms with Gasteiger partial charge < -0.3 is 19.0 Å². The van der Waals surface area contributed by atoms with E-state index in [1.807, 2.05) is 30.3 Å². The minimum atomic E-state index is -0.331. The van der Waals surface area contributed by atoms with Crippen LogP contribution in [0.1, 0.15) is 46.9 Å². The monoisotopic (exact) mass is 340 g/mol. The molecule has 1 saturated carbocycles. The quantitative estimate of drug-likeness (QED) is 0.704. The van der Waals surface area contributed by atoms with Crippen molar-refractivity contribution in [2.24, 2.45) is 0 Å². The van der Waals surface area contributed by atoms with Gasteiger partial charge in [-0.3, -0.25) is 4.79 Å². The number of carbonyl (C=O) groups excluding carboxylic acids is 1. The molecule has 0 saturated heterocycles. The third-order valence-corrected chi connectivity index (χ3v) is 3.70. The number of hydrogen-bond donors (Lipinski definition) is 1. The molecule has 0 radical (unpaired) electrons. The first-order valence-electron chi connectivity index (χ1n) is 8.01. The van der Waals surface area contributed by atoms with Crippen LogP contribution < -0.4 is 10.1 Å². The Bertz CT molecular complexity index is 854. The molecule has 0 atom stereocenters. The molecule has 2 aromatic heterocycles. The summed E-state index contributed by atoms with van der Waals surface area (Å²) in [5.41, 5.74) is 0.262. The predicted octanol–water partition coefficient (Wildman–Crippen LogP) is 2.44. The molecule has 1 aromatic carbocycles. The molecule has 8 heteroatoms. The van der Waals surface area contributed by atoms with Crippen LogP contribution >= 0.6 is 0 Å². The Morgan fingerprint density at radius 2 is 2.08 bits per heavy atom. The maximum Gasteiger partial charge on any atom is 0.273 e. The minimum absolute atomic E-state index is 0.138. The topological polar surface area (TPSA) is 103 Å². The highest BCUT2D eigenvalue weighted by Gasteiger charge is 2.29. The fraction of sp³-hybridized carbons (Fsp3) is 0.294. The fourth-order valence-corrected chi connectivity index (χ4v) is 2.24.